The first-order valence-electron chi connectivity index (χ1n) is 4.95. The van der Waals surface area contributed by atoms with Crippen LogP contribution in [0.2, 0.25) is 0 Å². The molecule has 0 radical (unpaired) electrons. The number of alkyl halides is 2. The molecule has 4 heteroatoms. The van der Waals surface area contributed by atoms with Crippen LogP contribution in [0.15, 0.2) is 30.5 Å². The molecule has 1 heterocycles. The average molecular weight is 241 g/mol. The van der Waals surface area contributed by atoms with E-state index in [-0.39, 0.29) is 0 Å². The first-order valence-corrected chi connectivity index (χ1v) is 5.71. The minimum Gasteiger partial charge on any atom is -0.264 e. The smallest absolute Gasteiger partial charge is 0.123 e. The van der Waals surface area contributed by atoms with Gasteiger partial charge in [-0.1, -0.05) is 18.2 Å². The fraction of sp³-hybridized carbons (Fsp3) is 0.364. The Morgan fingerprint density at radius 3 is 2.87 bits per heavy atom. The van der Waals surface area contributed by atoms with Crippen molar-refractivity contribution in [3.63, 3.8) is 0 Å². The van der Waals surface area contributed by atoms with Crippen molar-refractivity contribution in [3.05, 3.63) is 30.5 Å². The van der Waals surface area contributed by atoms with Gasteiger partial charge in [-0.25, -0.2) is 0 Å². The maximum Gasteiger partial charge on any atom is 0.123 e. The van der Waals surface area contributed by atoms with Crippen molar-refractivity contribution < 1.29 is 0 Å². The topological polar surface area (TPSA) is 17.8 Å². The molecule has 2 nitrogen and oxygen atoms in total. The molecule has 1 aliphatic rings. The normalized spacial score (nSPS) is 23.2. The lowest BCUT2D eigenvalue weighted by molar-refractivity contribution is 0.576. The van der Waals surface area contributed by atoms with Gasteiger partial charge in [0.1, 0.15) is 4.33 Å². The van der Waals surface area contributed by atoms with E-state index in [1.807, 2.05) is 23.0 Å². The number of hydrogen-bond donors (Lipinski definition) is 0. The summed E-state index contributed by atoms with van der Waals surface area (Å²) in [7, 11) is 0. The number of aromatic nitrogens is 2. The second-order valence-electron chi connectivity index (χ2n) is 4.05. The Labute approximate surface area is 97.8 Å². The minimum atomic E-state index is -0.521. The predicted octanol–water partition coefficient (Wildman–Crippen LogP) is 3.23. The Hall–Kier alpha value is -0.730. The molecule has 78 valence electrons. The van der Waals surface area contributed by atoms with Gasteiger partial charge in [-0.15, -0.1) is 23.2 Å². The highest BCUT2D eigenvalue weighted by molar-refractivity contribution is 6.50. The van der Waals surface area contributed by atoms with E-state index in [9.17, 15) is 0 Å². The van der Waals surface area contributed by atoms with Crippen LogP contribution in [-0.4, -0.2) is 14.1 Å². The largest absolute Gasteiger partial charge is 0.264 e. The van der Waals surface area contributed by atoms with Crippen LogP contribution in [0, 0.1) is 5.92 Å². The molecule has 15 heavy (non-hydrogen) atoms. The van der Waals surface area contributed by atoms with Crippen molar-refractivity contribution in [3.8, 4) is 0 Å². The van der Waals surface area contributed by atoms with E-state index in [1.165, 1.54) is 0 Å². The molecule has 2 aromatic rings. The summed E-state index contributed by atoms with van der Waals surface area (Å²) in [6, 6.07) is 8.15. The molecule has 1 saturated carbocycles. The van der Waals surface area contributed by atoms with E-state index >= 15 is 0 Å². The van der Waals surface area contributed by atoms with Crippen molar-refractivity contribution in [1.29, 1.82) is 0 Å². The summed E-state index contributed by atoms with van der Waals surface area (Å²) in [6.07, 6.45) is 2.74. The van der Waals surface area contributed by atoms with Crippen LogP contribution in [0.3, 0.4) is 0 Å². The molecule has 1 aliphatic carbocycles. The molecule has 1 fully saturated rings. The second kappa shape index (κ2) is 3.13. The van der Waals surface area contributed by atoms with Gasteiger partial charge in [0, 0.05) is 17.8 Å². The molecule has 1 atom stereocenters. The lowest BCUT2D eigenvalue weighted by Crippen LogP contribution is -2.05. The number of para-hydroxylation sites is 1. The standard InChI is InChI=1S/C11H10Cl2N2/c12-11(13)5-9(11)7-15-10-4-2-1-3-8(10)6-14-15/h1-4,6,9H,5,7H2. The Morgan fingerprint density at radius 2 is 2.13 bits per heavy atom. The van der Waals surface area contributed by atoms with Gasteiger partial charge in [0.15, 0.2) is 0 Å². The predicted molar refractivity (Wildman–Crippen MR) is 62.3 cm³/mol. The van der Waals surface area contributed by atoms with Gasteiger partial charge in [0.2, 0.25) is 0 Å². The van der Waals surface area contributed by atoms with E-state index in [4.69, 9.17) is 23.2 Å². The third kappa shape index (κ3) is 1.62. The van der Waals surface area contributed by atoms with Gasteiger partial charge in [-0.05, 0) is 12.5 Å². The van der Waals surface area contributed by atoms with Crippen LogP contribution in [-0.2, 0) is 6.54 Å². The van der Waals surface area contributed by atoms with Gasteiger partial charge < -0.3 is 0 Å². The van der Waals surface area contributed by atoms with Crippen molar-refractivity contribution in [2.75, 3.05) is 0 Å². The lowest BCUT2D eigenvalue weighted by Gasteiger charge is -2.02. The first-order chi connectivity index (χ1) is 7.17. The van der Waals surface area contributed by atoms with Gasteiger partial charge in [0.05, 0.1) is 11.7 Å². The van der Waals surface area contributed by atoms with Crippen LogP contribution in [0.4, 0.5) is 0 Å². The zero-order valence-corrected chi connectivity index (χ0v) is 9.54. The van der Waals surface area contributed by atoms with Gasteiger partial charge >= 0.3 is 0 Å². The van der Waals surface area contributed by atoms with Crippen molar-refractivity contribution in [2.24, 2.45) is 5.92 Å². The summed E-state index contributed by atoms with van der Waals surface area (Å²) in [5.41, 5.74) is 1.15. The third-order valence-electron chi connectivity index (χ3n) is 2.90. The van der Waals surface area contributed by atoms with E-state index in [1.54, 1.807) is 0 Å². The molecular formula is C11H10Cl2N2. The zero-order valence-electron chi connectivity index (χ0n) is 8.03. The van der Waals surface area contributed by atoms with Gasteiger partial charge in [-0.2, -0.15) is 5.10 Å². The fourth-order valence-corrected chi connectivity index (χ4v) is 2.36. The SMILES string of the molecule is ClC1(Cl)CC1Cn1ncc2ccccc21. The molecule has 0 bridgehead atoms. The number of fused-ring (bicyclic) bond motifs is 1. The van der Waals surface area contributed by atoms with Crippen LogP contribution in [0.5, 0.6) is 0 Å². The molecule has 1 aromatic heterocycles. The molecule has 0 saturated heterocycles. The van der Waals surface area contributed by atoms with Crippen molar-refractivity contribution in [2.45, 2.75) is 17.3 Å². The zero-order chi connectivity index (χ0) is 10.5. The average Bonchev–Trinajstić information content (AvgIpc) is 2.64. The molecule has 3 rings (SSSR count). The summed E-state index contributed by atoms with van der Waals surface area (Å²) in [4.78, 5) is 0. The number of benzene rings is 1. The molecular weight excluding hydrogens is 231 g/mol. The quantitative estimate of drug-likeness (QED) is 0.738. The van der Waals surface area contributed by atoms with Crippen LogP contribution in [0.1, 0.15) is 6.42 Å². The molecule has 0 spiro atoms. The number of rotatable bonds is 2. The summed E-state index contributed by atoms with van der Waals surface area (Å²) in [5.74, 6) is 0.337. The fourth-order valence-electron chi connectivity index (χ4n) is 1.85. The van der Waals surface area contributed by atoms with Crippen molar-refractivity contribution >= 4 is 34.1 Å². The summed E-state index contributed by atoms with van der Waals surface area (Å²) in [5, 5.41) is 5.50. The first kappa shape index (κ1) is 9.49. The van der Waals surface area contributed by atoms with E-state index < -0.39 is 4.33 Å². The minimum absolute atomic E-state index is 0.337. The van der Waals surface area contributed by atoms with E-state index in [0.717, 1.165) is 23.9 Å². The number of hydrogen-bond acceptors (Lipinski definition) is 1. The van der Waals surface area contributed by atoms with E-state index in [0.29, 0.717) is 5.92 Å². The Balaban J connectivity index is 1.92. The van der Waals surface area contributed by atoms with Gasteiger partial charge in [0.25, 0.3) is 0 Å². The maximum atomic E-state index is 6.00. The molecule has 0 amide bonds. The highest BCUT2D eigenvalue weighted by Gasteiger charge is 2.51. The van der Waals surface area contributed by atoms with Crippen LogP contribution in [0.25, 0.3) is 10.9 Å². The molecule has 1 unspecified atom stereocenters. The maximum absolute atomic E-state index is 6.00. The summed E-state index contributed by atoms with van der Waals surface area (Å²) >= 11 is 12.0. The summed E-state index contributed by atoms with van der Waals surface area (Å²) < 4.78 is 1.46. The monoisotopic (exact) mass is 240 g/mol. The van der Waals surface area contributed by atoms with E-state index in [2.05, 4.69) is 17.2 Å². The van der Waals surface area contributed by atoms with Crippen LogP contribution >= 0.6 is 23.2 Å². The Morgan fingerprint density at radius 1 is 1.40 bits per heavy atom. The van der Waals surface area contributed by atoms with Crippen molar-refractivity contribution in [1.82, 2.24) is 9.78 Å². The Bertz CT molecular complexity index is 504. The number of nitrogens with zero attached hydrogens (tertiary/aromatic N) is 2. The third-order valence-corrected chi connectivity index (χ3v) is 3.83. The lowest BCUT2D eigenvalue weighted by atomic mass is 10.2. The molecule has 0 N–H and O–H groups in total. The molecule has 0 aliphatic heterocycles. The highest BCUT2D eigenvalue weighted by Crippen LogP contribution is 2.53. The van der Waals surface area contributed by atoms with Gasteiger partial charge in [-0.3, -0.25) is 4.68 Å². The highest BCUT2D eigenvalue weighted by atomic mass is 35.5. The van der Waals surface area contributed by atoms with Crippen LogP contribution < -0.4 is 0 Å². The molecule has 1 aromatic carbocycles. The number of halogens is 2. The second-order valence-corrected chi connectivity index (χ2v) is 5.59. The summed E-state index contributed by atoms with van der Waals surface area (Å²) in [6.45, 7) is 0.806. The Kier molecular flexibility index (Phi) is 1.98.